The molecule has 0 fully saturated rings. The van der Waals surface area contributed by atoms with Crippen LogP contribution in [-0.4, -0.2) is 18.1 Å². The number of nitrogens with zero attached hydrogens (tertiary/aromatic N) is 1. The molecule has 0 aliphatic heterocycles. The molecule has 2 aromatic rings. The van der Waals surface area contributed by atoms with Crippen LogP contribution in [0.4, 0.5) is 13.2 Å². The number of ether oxygens (including phenoxy) is 2. The Morgan fingerprint density at radius 3 is 2.45 bits per heavy atom. The number of carbonyl (C=O) groups excluding carboxylic acids is 1. The number of esters is 1. The van der Waals surface area contributed by atoms with E-state index in [0.29, 0.717) is 0 Å². The molecule has 4 nitrogen and oxygen atoms in total. The van der Waals surface area contributed by atoms with Crippen molar-refractivity contribution in [2.45, 2.75) is 12.8 Å². The van der Waals surface area contributed by atoms with Gasteiger partial charge in [0.25, 0.3) is 0 Å². The summed E-state index contributed by atoms with van der Waals surface area (Å²) in [6, 6.07) is 10.1. The molecule has 7 heteroatoms. The Kier molecular flexibility index (Phi) is 4.65. The maximum absolute atomic E-state index is 13.0. The van der Waals surface area contributed by atoms with Crippen molar-refractivity contribution in [2.75, 3.05) is 7.11 Å². The quantitative estimate of drug-likeness (QED) is 0.811. The number of carbonyl (C=O) groups is 1. The molecule has 0 amide bonds. The molecule has 0 atom stereocenters. The molecule has 2 rings (SSSR count). The molecule has 1 heterocycles. The van der Waals surface area contributed by atoms with Crippen LogP contribution in [0.3, 0.4) is 0 Å². The van der Waals surface area contributed by atoms with Crippen LogP contribution in [0.1, 0.15) is 21.6 Å². The fourth-order valence-corrected chi connectivity index (χ4v) is 1.81. The van der Waals surface area contributed by atoms with Crippen molar-refractivity contribution in [2.24, 2.45) is 0 Å². The molecule has 1 aromatic heterocycles. The molecule has 0 N–H and O–H groups in total. The number of methoxy groups -OCH3 is 1. The van der Waals surface area contributed by atoms with E-state index in [1.54, 1.807) is 30.3 Å². The average Bonchev–Trinajstić information content (AvgIpc) is 2.52. The Balaban J connectivity index is 2.36. The number of benzene rings is 1. The number of hydrogen-bond donors (Lipinski definition) is 0. The first-order chi connectivity index (χ1) is 10.4. The lowest BCUT2D eigenvalue weighted by atomic mass is 10.1. The fraction of sp³-hybridized carbons (Fsp3) is 0.200. The summed E-state index contributed by atoms with van der Waals surface area (Å²) in [5.74, 6) is -1.37. The summed E-state index contributed by atoms with van der Waals surface area (Å²) in [6.45, 7) is 0.0200. The Morgan fingerprint density at radius 1 is 1.18 bits per heavy atom. The number of alkyl halides is 3. The first-order valence-electron chi connectivity index (χ1n) is 6.24. The summed E-state index contributed by atoms with van der Waals surface area (Å²) >= 11 is 0. The van der Waals surface area contributed by atoms with E-state index in [4.69, 9.17) is 4.74 Å². The molecule has 22 heavy (non-hydrogen) atoms. The third kappa shape index (κ3) is 3.55. The highest BCUT2D eigenvalue weighted by molar-refractivity contribution is 5.93. The van der Waals surface area contributed by atoms with Gasteiger partial charge in [0.15, 0.2) is 5.69 Å². The smallest absolute Gasteiger partial charge is 0.434 e. The van der Waals surface area contributed by atoms with Gasteiger partial charge in [0.2, 0.25) is 0 Å². The lowest BCUT2D eigenvalue weighted by Gasteiger charge is -2.15. The van der Waals surface area contributed by atoms with Gasteiger partial charge in [-0.25, -0.2) is 4.79 Å². The van der Waals surface area contributed by atoms with E-state index >= 15 is 0 Å². The summed E-state index contributed by atoms with van der Waals surface area (Å²) in [4.78, 5) is 14.9. The lowest BCUT2D eigenvalue weighted by molar-refractivity contribution is -0.141. The molecular formula is C15H12F3NO3. The predicted octanol–water partition coefficient (Wildman–Crippen LogP) is 3.47. The average molecular weight is 311 g/mol. The van der Waals surface area contributed by atoms with Gasteiger partial charge >= 0.3 is 12.1 Å². The number of rotatable bonds is 4. The Morgan fingerprint density at radius 2 is 1.86 bits per heavy atom. The van der Waals surface area contributed by atoms with Gasteiger partial charge in [-0.1, -0.05) is 30.3 Å². The maximum atomic E-state index is 13.0. The standard InChI is InChI=1S/C15H12F3NO3/c1-21-14(20)12-11(7-8-19-13(12)15(16,17)18)22-9-10-5-3-2-4-6-10/h2-8H,9H2,1H3. The molecule has 0 aliphatic carbocycles. The third-order valence-corrected chi connectivity index (χ3v) is 2.81. The number of pyridine rings is 1. The molecule has 116 valence electrons. The first kappa shape index (κ1) is 15.8. The molecule has 0 unspecified atom stereocenters. The van der Waals surface area contributed by atoms with Crippen molar-refractivity contribution in [1.29, 1.82) is 0 Å². The van der Waals surface area contributed by atoms with Gasteiger partial charge in [0.1, 0.15) is 17.9 Å². The topological polar surface area (TPSA) is 48.4 Å². The summed E-state index contributed by atoms with van der Waals surface area (Å²) in [6.07, 6.45) is -3.84. The molecular weight excluding hydrogens is 299 g/mol. The van der Waals surface area contributed by atoms with E-state index in [1.807, 2.05) is 0 Å². The summed E-state index contributed by atoms with van der Waals surface area (Å²) in [5, 5.41) is 0. The van der Waals surface area contributed by atoms with Crippen LogP contribution in [0.2, 0.25) is 0 Å². The molecule has 0 saturated heterocycles. The van der Waals surface area contributed by atoms with E-state index in [9.17, 15) is 18.0 Å². The number of aromatic nitrogens is 1. The number of hydrogen-bond acceptors (Lipinski definition) is 4. The second-order valence-electron chi connectivity index (χ2n) is 4.30. The minimum atomic E-state index is -4.78. The summed E-state index contributed by atoms with van der Waals surface area (Å²) in [7, 11) is 0.996. The van der Waals surface area contributed by atoms with Crippen LogP contribution >= 0.6 is 0 Å². The molecule has 0 spiro atoms. The molecule has 1 aromatic carbocycles. The van der Waals surface area contributed by atoms with Crippen molar-refractivity contribution in [3.8, 4) is 5.75 Å². The van der Waals surface area contributed by atoms with Gasteiger partial charge in [-0.2, -0.15) is 13.2 Å². The van der Waals surface area contributed by atoms with Crippen molar-refractivity contribution in [3.63, 3.8) is 0 Å². The monoisotopic (exact) mass is 311 g/mol. The van der Waals surface area contributed by atoms with E-state index in [-0.39, 0.29) is 12.4 Å². The lowest BCUT2D eigenvalue weighted by Crippen LogP contribution is -2.18. The molecule has 0 saturated carbocycles. The highest BCUT2D eigenvalue weighted by Crippen LogP contribution is 2.34. The minimum absolute atomic E-state index is 0.0200. The highest BCUT2D eigenvalue weighted by Gasteiger charge is 2.39. The normalized spacial score (nSPS) is 11.1. The van der Waals surface area contributed by atoms with E-state index in [2.05, 4.69) is 9.72 Å². The Hall–Kier alpha value is -2.57. The van der Waals surface area contributed by atoms with Crippen molar-refractivity contribution < 1.29 is 27.4 Å². The van der Waals surface area contributed by atoms with Crippen LogP contribution in [0.5, 0.6) is 5.75 Å². The minimum Gasteiger partial charge on any atom is -0.488 e. The van der Waals surface area contributed by atoms with Crippen LogP contribution in [0.15, 0.2) is 42.6 Å². The van der Waals surface area contributed by atoms with Gasteiger partial charge < -0.3 is 9.47 Å². The van der Waals surface area contributed by atoms with Crippen LogP contribution in [-0.2, 0) is 17.5 Å². The second kappa shape index (κ2) is 6.46. The van der Waals surface area contributed by atoms with Gasteiger partial charge in [-0.3, -0.25) is 4.98 Å². The molecule has 0 bridgehead atoms. The third-order valence-electron chi connectivity index (χ3n) is 2.81. The zero-order valence-electron chi connectivity index (χ0n) is 11.6. The highest BCUT2D eigenvalue weighted by atomic mass is 19.4. The first-order valence-corrected chi connectivity index (χ1v) is 6.24. The SMILES string of the molecule is COC(=O)c1c(OCc2ccccc2)ccnc1C(F)(F)F. The van der Waals surface area contributed by atoms with E-state index < -0.39 is 23.4 Å². The van der Waals surface area contributed by atoms with E-state index in [0.717, 1.165) is 18.9 Å². The van der Waals surface area contributed by atoms with Crippen LogP contribution < -0.4 is 4.74 Å². The van der Waals surface area contributed by atoms with Crippen LogP contribution in [0.25, 0.3) is 0 Å². The largest absolute Gasteiger partial charge is 0.488 e. The van der Waals surface area contributed by atoms with Gasteiger partial charge in [0.05, 0.1) is 7.11 Å². The second-order valence-corrected chi connectivity index (χ2v) is 4.30. The Bertz CT molecular complexity index is 657. The zero-order chi connectivity index (χ0) is 16.2. The fourth-order valence-electron chi connectivity index (χ4n) is 1.81. The summed E-state index contributed by atoms with van der Waals surface area (Å²) in [5.41, 5.74) is -1.30. The van der Waals surface area contributed by atoms with E-state index in [1.165, 1.54) is 6.07 Å². The van der Waals surface area contributed by atoms with Crippen molar-refractivity contribution >= 4 is 5.97 Å². The summed E-state index contributed by atoms with van der Waals surface area (Å²) < 4.78 is 48.6. The van der Waals surface area contributed by atoms with Gasteiger partial charge in [-0.15, -0.1) is 0 Å². The molecule has 0 radical (unpaired) electrons. The van der Waals surface area contributed by atoms with Crippen molar-refractivity contribution in [3.05, 3.63) is 59.4 Å². The maximum Gasteiger partial charge on any atom is 0.434 e. The van der Waals surface area contributed by atoms with Gasteiger partial charge in [-0.05, 0) is 11.6 Å². The Labute approximate surface area is 124 Å². The predicted molar refractivity (Wildman–Crippen MR) is 71.4 cm³/mol. The number of halogens is 3. The van der Waals surface area contributed by atoms with Gasteiger partial charge in [0, 0.05) is 6.20 Å². The zero-order valence-corrected chi connectivity index (χ0v) is 11.6. The van der Waals surface area contributed by atoms with Crippen molar-refractivity contribution in [1.82, 2.24) is 4.98 Å². The molecule has 0 aliphatic rings. The van der Waals surface area contributed by atoms with Crippen LogP contribution in [0, 0.1) is 0 Å².